The van der Waals surface area contributed by atoms with Gasteiger partial charge in [0.15, 0.2) is 0 Å². The molecule has 3 aromatic rings. The summed E-state index contributed by atoms with van der Waals surface area (Å²) >= 11 is 0. The minimum Gasteiger partial charge on any atom is -0.494 e. The largest absolute Gasteiger partial charge is 0.494 e. The first-order valence-electron chi connectivity index (χ1n) is 12.8. The topological polar surface area (TPSA) is 59.1 Å². The fourth-order valence-electron chi connectivity index (χ4n) is 5.14. The van der Waals surface area contributed by atoms with Crippen LogP contribution in [0.25, 0.3) is 0 Å². The molecule has 3 aromatic carbocycles. The van der Waals surface area contributed by atoms with Crippen LogP contribution in [0.2, 0.25) is 0 Å². The van der Waals surface area contributed by atoms with Crippen LogP contribution in [0.1, 0.15) is 47.7 Å². The standard InChI is InChI=1S/C30H32N2O4/c1-2-35-25-13-14-26(28(20-25)36-21-22-8-4-3-5-9-22)30(34)31-18-16-24(17-19-31)32-27-11-7-6-10-23(27)12-15-29(32)33/h3-11,13-14,20,24H,2,12,15-19,21H2,1H3. The van der Waals surface area contributed by atoms with Gasteiger partial charge in [-0.25, -0.2) is 0 Å². The van der Waals surface area contributed by atoms with Crippen molar-refractivity contribution in [1.29, 1.82) is 0 Å². The maximum Gasteiger partial charge on any atom is 0.257 e. The van der Waals surface area contributed by atoms with Crippen LogP contribution in [0.5, 0.6) is 11.5 Å². The van der Waals surface area contributed by atoms with Crippen molar-refractivity contribution in [2.45, 2.75) is 45.3 Å². The lowest BCUT2D eigenvalue weighted by atomic mass is 9.95. The van der Waals surface area contributed by atoms with Gasteiger partial charge in [-0.15, -0.1) is 0 Å². The Labute approximate surface area is 212 Å². The van der Waals surface area contributed by atoms with E-state index in [4.69, 9.17) is 9.47 Å². The summed E-state index contributed by atoms with van der Waals surface area (Å²) in [5.41, 5.74) is 3.82. The molecule has 0 atom stereocenters. The van der Waals surface area contributed by atoms with Crippen LogP contribution in [0.4, 0.5) is 5.69 Å². The van der Waals surface area contributed by atoms with Crippen molar-refractivity contribution in [2.75, 3.05) is 24.6 Å². The van der Waals surface area contributed by atoms with E-state index >= 15 is 0 Å². The number of rotatable bonds is 7. The highest BCUT2D eigenvalue weighted by molar-refractivity contribution is 5.98. The Bertz CT molecular complexity index is 1220. The number of ether oxygens (including phenoxy) is 2. The normalized spacial score (nSPS) is 16.0. The lowest BCUT2D eigenvalue weighted by Crippen LogP contribution is -2.50. The molecule has 5 rings (SSSR count). The van der Waals surface area contributed by atoms with Gasteiger partial charge in [-0.3, -0.25) is 9.59 Å². The number of anilines is 1. The van der Waals surface area contributed by atoms with Crippen LogP contribution in [0.3, 0.4) is 0 Å². The molecule has 0 N–H and O–H groups in total. The first-order chi connectivity index (χ1) is 17.6. The van der Waals surface area contributed by atoms with E-state index in [0.29, 0.717) is 49.8 Å². The van der Waals surface area contributed by atoms with E-state index in [1.807, 2.05) is 71.3 Å². The number of amides is 2. The monoisotopic (exact) mass is 484 g/mol. The van der Waals surface area contributed by atoms with Gasteiger partial charge in [0.25, 0.3) is 5.91 Å². The number of likely N-dealkylation sites (tertiary alicyclic amines) is 1. The van der Waals surface area contributed by atoms with Gasteiger partial charge in [-0.1, -0.05) is 48.5 Å². The molecule has 0 spiro atoms. The minimum absolute atomic E-state index is 0.0510. The summed E-state index contributed by atoms with van der Waals surface area (Å²) in [5.74, 6) is 1.33. The molecule has 0 bridgehead atoms. The molecule has 36 heavy (non-hydrogen) atoms. The Kier molecular flexibility index (Phi) is 7.21. The van der Waals surface area contributed by atoms with E-state index in [2.05, 4.69) is 6.07 Å². The van der Waals surface area contributed by atoms with Crippen LogP contribution in [0, 0.1) is 0 Å². The summed E-state index contributed by atoms with van der Waals surface area (Å²) in [6, 6.07) is 23.6. The number of fused-ring (bicyclic) bond motifs is 1. The fourth-order valence-corrected chi connectivity index (χ4v) is 5.14. The van der Waals surface area contributed by atoms with E-state index in [0.717, 1.165) is 30.5 Å². The third kappa shape index (κ3) is 5.08. The van der Waals surface area contributed by atoms with Gasteiger partial charge in [0.05, 0.1) is 12.2 Å². The first kappa shape index (κ1) is 23.9. The second kappa shape index (κ2) is 10.9. The predicted molar refractivity (Wildman–Crippen MR) is 140 cm³/mol. The maximum absolute atomic E-state index is 13.6. The Hall–Kier alpha value is -3.80. The van der Waals surface area contributed by atoms with Gasteiger partial charge < -0.3 is 19.3 Å². The third-order valence-corrected chi connectivity index (χ3v) is 6.98. The van der Waals surface area contributed by atoms with Crippen molar-refractivity contribution in [3.63, 3.8) is 0 Å². The van der Waals surface area contributed by atoms with E-state index in [-0.39, 0.29) is 17.9 Å². The highest BCUT2D eigenvalue weighted by Gasteiger charge is 2.34. The second-order valence-electron chi connectivity index (χ2n) is 9.28. The molecule has 2 aliphatic rings. The molecule has 0 unspecified atom stereocenters. The molecule has 186 valence electrons. The van der Waals surface area contributed by atoms with Crippen LogP contribution in [-0.4, -0.2) is 42.5 Å². The SMILES string of the molecule is CCOc1ccc(C(=O)N2CCC(N3C(=O)CCc4ccccc43)CC2)c(OCc2ccccc2)c1. The molecule has 2 amide bonds. The van der Waals surface area contributed by atoms with Crippen molar-refractivity contribution in [3.8, 4) is 11.5 Å². The predicted octanol–water partition coefficient (Wildman–Crippen LogP) is 5.25. The minimum atomic E-state index is -0.0510. The van der Waals surface area contributed by atoms with Crippen molar-refractivity contribution in [2.24, 2.45) is 0 Å². The molecule has 1 saturated heterocycles. The van der Waals surface area contributed by atoms with Gasteiger partial charge in [0, 0.05) is 37.3 Å². The molecular weight excluding hydrogens is 452 g/mol. The summed E-state index contributed by atoms with van der Waals surface area (Å²) in [6.45, 7) is 4.04. The number of hydrogen-bond acceptors (Lipinski definition) is 4. The molecule has 0 saturated carbocycles. The summed E-state index contributed by atoms with van der Waals surface area (Å²) in [6.07, 6.45) is 2.85. The van der Waals surface area contributed by atoms with Gasteiger partial charge in [-0.2, -0.15) is 0 Å². The highest BCUT2D eigenvalue weighted by Crippen LogP contribution is 2.33. The summed E-state index contributed by atoms with van der Waals surface area (Å²) in [5, 5.41) is 0. The van der Waals surface area contributed by atoms with Crippen LogP contribution in [-0.2, 0) is 17.8 Å². The smallest absolute Gasteiger partial charge is 0.257 e. The fraction of sp³-hybridized carbons (Fsp3) is 0.333. The lowest BCUT2D eigenvalue weighted by molar-refractivity contribution is -0.119. The second-order valence-corrected chi connectivity index (χ2v) is 9.28. The average molecular weight is 485 g/mol. The number of para-hydroxylation sites is 1. The quantitative estimate of drug-likeness (QED) is 0.460. The zero-order chi connectivity index (χ0) is 24.9. The zero-order valence-corrected chi connectivity index (χ0v) is 20.7. The highest BCUT2D eigenvalue weighted by atomic mass is 16.5. The molecule has 6 heteroatoms. The number of carbonyl (C=O) groups is 2. The zero-order valence-electron chi connectivity index (χ0n) is 20.7. The maximum atomic E-state index is 13.6. The molecule has 2 heterocycles. The van der Waals surface area contributed by atoms with E-state index in [1.165, 1.54) is 5.56 Å². The van der Waals surface area contributed by atoms with Gasteiger partial charge in [0.2, 0.25) is 5.91 Å². The van der Waals surface area contributed by atoms with E-state index in [9.17, 15) is 9.59 Å². The summed E-state index contributed by atoms with van der Waals surface area (Å²) in [4.78, 5) is 30.3. The number of piperidine rings is 1. The van der Waals surface area contributed by atoms with Crippen molar-refractivity contribution < 1.29 is 19.1 Å². The number of hydrogen-bond donors (Lipinski definition) is 0. The average Bonchev–Trinajstić information content (AvgIpc) is 2.92. The van der Waals surface area contributed by atoms with Crippen molar-refractivity contribution in [3.05, 3.63) is 89.5 Å². The summed E-state index contributed by atoms with van der Waals surface area (Å²) in [7, 11) is 0. The van der Waals surface area contributed by atoms with Crippen LogP contribution in [0.15, 0.2) is 72.8 Å². The molecular formula is C30H32N2O4. The number of benzene rings is 3. The Balaban J connectivity index is 1.30. The first-order valence-corrected chi connectivity index (χ1v) is 12.8. The Morgan fingerprint density at radius 1 is 0.917 bits per heavy atom. The molecule has 2 aliphatic heterocycles. The molecule has 0 aliphatic carbocycles. The molecule has 0 radical (unpaired) electrons. The van der Waals surface area contributed by atoms with E-state index in [1.54, 1.807) is 12.1 Å². The molecule has 1 fully saturated rings. The van der Waals surface area contributed by atoms with Crippen molar-refractivity contribution >= 4 is 17.5 Å². The van der Waals surface area contributed by atoms with Gasteiger partial charge >= 0.3 is 0 Å². The van der Waals surface area contributed by atoms with E-state index < -0.39 is 0 Å². The molecule has 0 aromatic heterocycles. The number of aryl methyl sites for hydroxylation is 1. The number of nitrogens with zero attached hydrogens (tertiary/aromatic N) is 2. The van der Waals surface area contributed by atoms with Gasteiger partial charge in [-0.05, 0) is 55.5 Å². The van der Waals surface area contributed by atoms with Gasteiger partial charge in [0.1, 0.15) is 18.1 Å². The Morgan fingerprint density at radius 3 is 2.44 bits per heavy atom. The van der Waals surface area contributed by atoms with Crippen LogP contribution < -0.4 is 14.4 Å². The third-order valence-electron chi connectivity index (χ3n) is 6.98. The van der Waals surface area contributed by atoms with Crippen molar-refractivity contribution in [1.82, 2.24) is 4.90 Å². The summed E-state index contributed by atoms with van der Waals surface area (Å²) < 4.78 is 11.8. The Morgan fingerprint density at radius 2 is 1.67 bits per heavy atom. The molecule has 6 nitrogen and oxygen atoms in total. The number of carbonyl (C=O) groups excluding carboxylic acids is 2. The van der Waals surface area contributed by atoms with Crippen LogP contribution >= 0.6 is 0 Å². The lowest BCUT2D eigenvalue weighted by Gasteiger charge is -2.41.